The molecule has 0 heterocycles. The predicted molar refractivity (Wildman–Crippen MR) is 105 cm³/mol. The van der Waals surface area contributed by atoms with Gasteiger partial charge in [0.15, 0.2) is 0 Å². The first-order valence-electron chi connectivity index (χ1n) is 9.25. The number of hydrogen-bond acceptors (Lipinski definition) is 3. The molecule has 0 aliphatic heterocycles. The normalized spacial score (nSPS) is 14.3. The van der Waals surface area contributed by atoms with Gasteiger partial charge in [-0.15, -0.1) is 0 Å². The molecule has 1 saturated carbocycles. The molecular formula is C21H22FN3O3. The highest BCUT2D eigenvalue weighted by Crippen LogP contribution is 2.26. The first-order chi connectivity index (χ1) is 13.4. The number of carbonyl (C=O) groups is 3. The van der Waals surface area contributed by atoms with Crippen molar-refractivity contribution in [3.8, 4) is 0 Å². The van der Waals surface area contributed by atoms with E-state index in [2.05, 4.69) is 10.6 Å². The van der Waals surface area contributed by atoms with Gasteiger partial charge in [0.2, 0.25) is 11.8 Å². The van der Waals surface area contributed by atoms with Crippen LogP contribution in [0.1, 0.15) is 52.8 Å². The van der Waals surface area contributed by atoms with E-state index in [9.17, 15) is 18.8 Å². The lowest BCUT2D eigenvalue weighted by Crippen LogP contribution is -2.25. The highest BCUT2D eigenvalue weighted by atomic mass is 19.1. The molecular weight excluding hydrogens is 361 g/mol. The standard InChI is InChI=1S/C21H22FN3O3/c22-17-11-10-16(12-18(17)25-21(28)14-4-2-1-3-5-14)24-20(27)15-8-6-13(7-9-15)19(23)26/h6-12,14H,1-5H2,(H2,23,26)(H,24,27)(H,25,28). The molecule has 7 heteroatoms. The second kappa shape index (κ2) is 8.65. The molecule has 3 rings (SSSR count). The molecule has 0 bridgehead atoms. The zero-order valence-electron chi connectivity index (χ0n) is 15.3. The fourth-order valence-electron chi connectivity index (χ4n) is 3.29. The number of benzene rings is 2. The zero-order chi connectivity index (χ0) is 20.1. The van der Waals surface area contributed by atoms with Crippen LogP contribution >= 0.6 is 0 Å². The fraction of sp³-hybridized carbons (Fsp3) is 0.286. The van der Waals surface area contributed by atoms with Crippen molar-refractivity contribution in [1.82, 2.24) is 0 Å². The van der Waals surface area contributed by atoms with Gasteiger partial charge in [0.25, 0.3) is 5.91 Å². The summed E-state index contributed by atoms with van der Waals surface area (Å²) in [5, 5.41) is 5.29. The monoisotopic (exact) mass is 383 g/mol. The number of nitrogens with two attached hydrogens (primary N) is 1. The molecule has 0 unspecified atom stereocenters. The minimum atomic E-state index is -0.580. The topological polar surface area (TPSA) is 101 Å². The van der Waals surface area contributed by atoms with Crippen molar-refractivity contribution >= 4 is 29.1 Å². The summed E-state index contributed by atoms with van der Waals surface area (Å²) < 4.78 is 14.1. The van der Waals surface area contributed by atoms with Crippen molar-refractivity contribution in [2.75, 3.05) is 10.6 Å². The molecule has 28 heavy (non-hydrogen) atoms. The Balaban J connectivity index is 1.69. The van der Waals surface area contributed by atoms with Crippen LogP contribution in [0.15, 0.2) is 42.5 Å². The van der Waals surface area contributed by atoms with E-state index in [1.54, 1.807) is 0 Å². The summed E-state index contributed by atoms with van der Waals surface area (Å²) >= 11 is 0. The predicted octanol–water partition coefficient (Wildman–Crippen LogP) is 3.70. The number of rotatable bonds is 5. The van der Waals surface area contributed by atoms with Crippen LogP contribution in [-0.4, -0.2) is 17.7 Å². The van der Waals surface area contributed by atoms with Crippen molar-refractivity contribution in [1.29, 1.82) is 0 Å². The first kappa shape index (κ1) is 19.5. The van der Waals surface area contributed by atoms with E-state index >= 15 is 0 Å². The van der Waals surface area contributed by atoms with Gasteiger partial charge in [-0.05, 0) is 55.3 Å². The van der Waals surface area contributed by atoms with E-state index in [1.807, 2.05) is 0 Å². The molecule has 146 valence electrons. The maximum atomic E-state index is 14.1. The van der Waals surface area contributed by atoms with Crippen molar-refractivity contribution in [2.45, 2.75) is 32.1 Å². The maximum absolute atomic E-state index is 14.1. The lowest BCUT2D eigenvalue weighted by atomic mass is 9.88. The number of carbonyl (C=O) groups excluding carboxylic acids is 3. The van der Waals surface area contributed by atoms with Gasteiger partial charge in [0, 0.05) is 22.7 Å². The van der Waals surface area contributed by atoms with Crippen LogP contribution < -0.4 is 16.4 Å². The minimum absolute atomic E-state index is 0.0393. The highest BCUT2D eigenvalue weighted by molar-refractivity contribution is 6.05. The van der Waals surface area contributed by atoms with Crippen molar-refractivity contribution in [3.63, 3.8) is 0 Å². The van der Waals surface area contributed by atoms with E-state index in [0.717, 1.165) is 32.1 Å². The number of nitrogens with one attached hydrogen (secondary N) is 2. The third kappa shape index (κ3) is 4.73. The average Bonchev–Trinajstić information content (AvgIpc) is 2.71. The number of amides is 3. The molecule has 0 radical (unpaired) electrons. The van der Waals surface area contributed by atoms with Gasteiger partial charge in [-0.25, -0.2) is 4.39 Å². The number of anilines is 2. The summed E-state index contributed by atoms with van der Waals surface area (Å²) in [5.41, 5.74) is 6.19. The Morgan fingerprint density at radius 2 is 1.54 bits per heavy atom. The van der Waals surface area contributed by atoms with Crippen LogP contribution in [0.3, 0.4) is 0 Å². The lowest BCUT2D eigenvalue weighted by molar-refractivity contribution is -0.120. The van der Waals surface area contributed by atoms with Gasteiger partial charge in [0.05, 0.1) is 5.69 Å². The second-order valence-electron chi connectivity index (χ2n) is 6.91. The molecule has 0 spiro atoms. The summed E-state index contributed by atoms with van der Waals surface area (Å²) in [4.78, 5) is 35.8. The van der Waals surface area contributed by atoms with Crippen molar-refractivity contribution < 1.29 is 18.8 Å². The number of primary amides is 1. The average molecular weight is 383 g/mol. The molecule has 1 aliphatic carbocycles. The van der Waals surface area contributed by atoms with E-state index in [4.69, 9.17) is 5.73 Å². The van der Waals surface area contributed by atoms with Gasteiger partial charge < -0.3 is 16.4 Å². The van der Waals surface area contributed by atoms with Crippen LogP contribution in [0.5, 0.6) is 0 Å². The Kier molecular flexibility index (Phi) is 6.03. The van der Waals surface area contributed by atoms with E-state index in [0.29, 0.717) is 16.8 Å². The van der Waals surface area contributed by atoms with Crippen LogP contribution in [0.4, 0.5) is 15.8 Å². The molecule has 3 amide bonds. The Labute approximate surface area is 162 Å². The van der Waals surface area contributed by atoms with E-state index in [1.165, 1.54) is 42.5 Å². The molecule has 1 fully saturated rings. The van der Waals surface area contributed by atoms with Gasteiger partial charge >= 0.3 is 0 Å². The molecule has 2 aromatic rings. The molecule has 2 aromatic carbocycles. The van der Waals surface area contributed by atoms with Crippen LogP contribution in [0.25, 0.3) is 0 Å². The fourth-order valence-corrected chi connectivity index (χ4v) is 3.29. The molecule has 0 saturated heterocycles. The smallest absolute Gasteiger partial charge is 0.255 e. The Bertz CT molecular complexity index is 890. The molecule has 0 atom stereocenters. The minimum Gasteiger partial charge on any atom is -0.366 e. The summed E-state index contributed by atoms with van der Waals surface area (Å²) in [6, 6.07) is 9.88. The Hall–Kier alpha value is -3.22. The van der Waals surface area contributed by atoms with Crippen molar-refractivity contribution in [3.05, 3.63) is 59.4 Å². The first-order valence-corrected chi connectivity index (χ1v) is 9.25. The summed E-state index contributed by atoms with van der Waals surface area (Å²) in [7, 11) is 0. The van der Waals surface area contributed by atoms with Gasteiger partial charge in [-0.3, -0.25) is 14.4 Å². The summed E-state index contributed by atoms with van der Waals surface area (Å²) in [6.07, 6.45) is 4.76. The quantitative estimate of drug-likeness (QED) is 0.734. The zero-order valence-corrected chi connectivity index (χ0v) is 15.3. The van der Waals surface area contributed by atoms with Crippen LogP contribution in [-0.2, 0) is 4.79 Å². The Morgan fingerprint density at radius 1 is 0.893 bits per heavy atom. The molecule has 1 aliphatic rings. The Morgan fingerprint density at radius 3 is 2.18 bits per heavy atom. The molecule has 6 nitrogen and oxygen atoms in total. The van der Waals surface area contributed by atoms with E-state index in [-0.39, 0.29) is 17.5 Å². The summed E-state index contributed by atoms with van der Waals surface area (Å²) in [5.74, 6) is -1.86. The molecule has 4 N–H and O–H groups in total. The summed E-state index contributed by atoms with van der Waals surface area (Å²) in [6.45, 7) is 0. The lowest BCUT2D eigenvalue weighted by Gasteiger charge is -2.21. The third-order valence-electron chi connectivity index (χ3n) is 4.89. The van der Waals surface area contributed by atoms with Gasteiger partial charge in [-0.2, -0.15) is 0 Å². The largest absolute Gasteiger partial charge is 0.366 e. The number of halogens is 1. The van der Waals surface area contributed by atoms with Crippen LogP contribution in [0.2, 0.25) is 0 Å². The van der Waals surface area contributed by atoms with Crippen molar-refractivity contribution in [2.24, 2.45) is 11.7 Å². The second-order valence-corrected chi connectivity index (χ2v) is 6.91. The highest BCUT2D eigenvalue weighted by Gasteiger charge is 2.22. The van der Waals surface area contributed by atoms with Crippen LogP contribution in [0, 0.1) is 11.7 Å². The third-order valence-corrected chi connectivity index (χ3v) is 4.89. The van der Waals surface area contributed by atoms with Gasteiger partial charge in [0.1, 0.15) is 5.82 Å². The van der Waals surface area contributed by atoms with Gasteiger partial charge in [-0.1, -0.05) is 19.3 Å². The number of hydrogen-bond donors (Lipinski definition) is 3. The molecule has 0 aromatic heterocycles. The maximum Gasteiger partial charge on any atom is 0.255 e. The SMILES string of the molecule is NC(=O)c1ccc(C(=O)Nc2ccc(F)c(NC(=O)C3CCCCC3)c2)cc1. The van der Waals surface area contributed by atoms with E-state index < -0.39 is 17.6 Å².